The second-order valence-electron chi connectivity index (χ2n) is 9.23. The molecule has 11 heteroatoms. The van der Waals surface area contributed by atoms with E-state index in [1.54, 1.807) is 23.1 Å². The average molecular weight is 555 g/mol. The summed E-state index contributed by atoms with van der Waals surface area (Å²) in [4.78, 5) is 22.7. The van der Waals surface area contributed by atoms with Crippen molar-refractivity contribution in [2.45, 2.75) is 25.9 Å². The number of nitrogens with one attached hydrogen (secondary N) is 1. The second kappa shape index (κ2) is 12.9. The smallest absolute Gasteiger partial charge is 0.245 e. The fourth-order valence-corrected chi connectivity index (χ4v) is 4.56. The molecule has 1 fully saturated rings. The summed E-state index contributed by atoms with van der Waals surface area (Å²) in [7, 11) is 1.62. The molecule has 1 aromatic heterocycles. The van der Waals surface area contributed by atoms with E-state index < -0.39 is 5.82 Å². The van der Waals surface area contributed by atoms with E-state index in [0.29, 0.717) is 67.2 Å². The molecule has 3 aromatic rings. The number of fused-ring (bicyclic) bond motifs is 1. The molecule has 1 saturated heterocycles. The second-order valence-corrected chi connectivity index (χ2v) is 9.64. The topological polar surface area (TPSA) is 106 Å². The molecular weight excluding hydrogens is 523 g/mol. The number of amides is 1. The number of likely N-dealkylation sites (tertiary alicyclic amines) is 1. The summed E-state index contributed by atoms with van der Waals surface area (Å²) in [6, 6.07) is 8.20. The van der Waals surface area contributed by atoms with Crippen LogP contribution < -0.4 is 15.9 Å². The first-order valence-electron chi connectivity index (χ1n) is 12.6. The summed E-state index contributed by atoms with van der Waals surface area (Å²) >= 11 is 5.97. The average Bonchev–Trinajstić information content (AvgIpc) is 2.93. The quantitative estimate of drug-likeness (QED) is 0.207. The lowest BCUT2D eigenvalue weighted by molar-refractivity contribution is -0.127. The van der Waals surface area contributed by atoms with Crippen molar-refractivity contribution < 1.29 is 18.7 Å². The highest BCUT2D eigenvalue weighted by Gasteiger charge is 2.24. The molecule has 1 amide bonds. The van der Waals surface area contributed by atoms with E-state index in [4.69, 9.17) is 26.9 Å². The zero-order valence-corrected chi connectivity index (χ0v) is 22.7. The molecule has 1 aliphatic heterocycles. The van der Waals surface area contributed by atoms with Crippen LogP contribution in [-0.2, 0) is 9.53 Å². The van der Waals surface area contributed by atoms with E-state index in [1.165, 1.54) is 24.5 Å². The first kappa shape index (κ1) is 28.3. The van der Waals surface area contributed by atoms with Gasteiger partial charge < -0.3 is 24.7 Å². The van der Waals surface area contributed by atoms with Gasteiger partial charge in [0.2, 0.25) is 5.91 Å². The molecule has 2 heterocycles. The molecule has 2 aromatic carbocycles. The Morgan fingerprint density at radius 1 is 1.31 bits per heavy atom. The van der Waals surface area contributed by atoms with E-state index in [2.05, 4.69) is 21.9 Å². The normalized spacial score (nSPS) is 14.4. The zero-order valence-electron chi connectivity index (χ0n) is 22.0. The van der Waals surface area contributed by atoms with Gasteiger partial charge in [0.15, 0.2) is 0 Å². The maximum Gasteiger partial charge on any atom is 0.245 e. The number of halogens is 2. The molecule has 206 valence electrons. The van der Waals surface area contributed by atoms with Crippen LogP contribution in [0, 0.1) is 5.82 Å². The number of benzene rings is 2. The Bertz CT molecular complexity index is 1380. The molecule has 0 unspecified atom stereocenters. The van der Waals surface area contributed by atoms with Gasteiger partial charge in [-0.25, -0.2) is 20.2 Å². The maximum atomic E-state index is 13.7. The minimum atomic E-state index is -0.502. The predicted molar refractivity (Wildman–Crippen MR) is 151 cm³/mol. The van der Waals surface area contributed by atoms with Gasteiger partial charge in [-0.1, -0.05) is 18.2 Å². The standard InChI is InChI=1S/C28H32ClFN6O3/c1-4-27(37)35-9-7-20(8-10-35)39-26-15-22-25(14-21(26)18(2)16-36(31)11-12-38-3)32-17-33-28(22)34-19-5-6-24(30)23(29)13-19/h4-6,13-17,20H,1,7-12,31H2,2-3H3,(H,32,33,34)/b18-16+. The lowest BCUT2D eigenvalue weighted by atomic mass is 10.0. The van der Waals surface area contributed by atoms with Crippen LogP contribution in [0.4, 0.5) is 15.9 Å². The summed E-state index contributed by atoms with van der Waals surface area (Å²) in [6.07, 6.45) is 5.89. The van der Waals surface area contributed by atoms with Crippen molar-refractivity contribution in [3.8, 4) is 5.75 Å². The number of nitrogens with zero attached hydrogens (tertiary/aromatic N) is 4. The van der Waals surface area contributed by atoms with Crippen LogP contribution in [0.5, 0.6) is 5.75 Å². The van der Waals surface area contributed by atoms with Gasteiger partial charge in [0.1, 0.15) is 29.8 Å². The van der Waals surface area contributed by atoms with Crippen molar-refractivity contribution in [1.29, 1.82) is 0 Å². The Kier molecular flexibility index (Phi) is 9.34. The zero-order chi connectivity index (χ0) is 27.9. The van der Waals surface area contributed by atoms with Gasteiger partial charge in [-0.15, -0.1) is 0 Å². The Morgan fingerprint density at radius 2 is 2.08 bits per heavy atom. The Labute approximate surface area is 232 Å². The number of carbonyl (C=O) groups is 1. The van der Waals surface area contributed by atoms with Gasteiger partial charge in [0, 0.05) is 55.9 Å². The lowest BCUT2D eigenvalue weighted by Crippen LogP contribution is -2.41. The summed E-state index contributed by atoms with van der Waals surface area (Å²) < 4.78 is 25.3. The number of rotatable bonds is 10. The van der Waals surface area contributed by atoms with Gasteiger partial charge in [-0.2, -0.15) is 0 Å². The molecule has 0 aliphatic carbocycles. The van der Waals surface area contributed by atoms with Crippen LogP contribution in [0.2, 0.25) is 5.02 Å². The van der Waals surface area contributed by atoms with E-state index in [9.17, 15) is 9.18 Å². The Morgan fingerprint density at radius 3 is 2.77 bits per heavy atom. The van der Waals surface area contributed by atoms with Gasteiger partial charge >= 0.3 is 0 Å². The third-order valence-electron chi connectivity index (χ3n) is 6.48. The van der Waals surface area contributed by atoms with E-state index >= 15 is 0 Å². The molecule has 3 N–H and O–H groups in total. The van der Waals surface area contributed by atoms with Crippen molar-refractivity contribution in [2.24, 2.45) is 5.84 Å². The summed E-state index contributed by atoms with van der Waals surface area (Å²) in [5.41, 5.74) is 2.97. The molecule has 9 nitrogen and oxygen atoms in total. The number of hydrazine groups is 1. The predicted octanol–water partition coefficient (Wildman–Crippen LogP) is 4.90. The number of carbonyl (C=O) groups excluding carboxylic acids is 1. The van der Waals surface area contributed by atoms with Gasteiger partial charge in [0.05, 0.1) is 23.7 Å². The highest BCUT2D eigenvalue weighted by molar-refractivity contribution is 6.31. The third kappa shape index (κ3) is 7.03. The first-order valence-corrected chi connectivity index (χ1v) is 12.9. The Hall–Kier alpha value is -3.73. The molecule has 0 spiro atoms. The van der Waals surface area contributed by atoms with Crippen LogP contribution >= 0.6 is 11.6 Å². The summed E-state index contributed by atoms with van der Waals surface area (Å²) in [5, 5.41) is 5.49. The minimum Gasteiger partial charge on any atom is -0.490 e. The van der Waals surface area contributed by atoms with E-state index in [1.807, 2.05) is 25.3 Å². The van der Waals surface area contributed by atoms with Gasteiger partial charge in [-0.05, 0) is 48.9 Å². The Balaban J connectivity index is 1.70. The molecule has 0 radical (unpaired) electrons. The highest BCUT2D eigenvalue weighted by Crippen LogP contribution is 2.35. The highest BCUT2D eigenvalue weighted by atomic mass is 35.5. The van der Waals surface area contributed by atoms with Gasteiger partial charge in [0.25, 0.3) is 0 Å². The fourth-order valence-electron chi connectivity index (χ4n) is 4.38. The molecule has 39 heavy (non-hydrogen) atoms. The number of anilines is 2. The number of hydrogen-bond acceptors (Lipinski definition) is 8. The first-order chi connectivity index (χ1) is 18.8. The SMILES string of the molecule is C=CC(=O)N1CCC(Oc2cc3c(Nc4ccc(F)c(Cl)c4)ncnc3cc2/C(C)=C/N(N)CCOC)CC1. The van der Waals surface area contributed by atoms with Gasteiger partial charge in [-0.3, -0.25) is 4.79 Å². The number of ether oxygens (including phenoxy) is 2. The van der Waals surface area contributed by atoms with Crippen LogP contribution in [0.25, 0.3) is 16.5 Å². The molecule has 1 aliphatic rings. The third-order valence-corrected chi connectivity index (χ3v) is 6.77. The largest absolute Gasteiger partial charge is 0.490 e. The van der Waals surface area contributed by atoms with Crippen molar-refractivity contribution in [1.82, 2.24) is 19.9 Å². The number of piperidine rings is 1. The monoisotopic (exact) mass is 554 g/mol. The maximum absolute atomic E-state index is 13.7. The number of allylic oxidation sites excluding steroid dienone is 1. The van der Waals surface area contributed by atoms with E-state index in [-0.39, 0.29) is 17.0 Å². The number of nitrogens with two attached hydrogens (primary N) is 1. The summed E-state index contributed by atoms with van der Waals surface area (Å²) in [5.74, 6) is 6.73. The number of methoxy groups -OCH3 is 1. The van der Waals surface area contributed by atoms with E-state index in [0.717, 1.165) is 11.1 Å². The molecular formula is C28H32ClFN6O3. The van der Waals surface area contributed by atoms with Crippen LogP contribution in [0.1, 0.15) is 25.3 Å². The molecule has 0 saturated carbocycles. The fraction of sp³-hybridized carbons (Fsp3) is 0.321. The van der Waals surface area contributed by atoms with Crippen LogP contribution in [0.3, 0.4) is 0 Å². The van der Waals surface area contributed by atoms with Crippen LogP contribution in [-0.4, -0.2) is 65.2 Å². The minimum absolute atomic E-state index is 0.00604. The van der Waals surface area contributed by atoms with Crippen LogP contribution in [0.15, 0.2) is 55.5 Å². The lowest BCUT2D eigenvalue weighted by Gasteiger charge is -2.32. The van der Waals surface area contributed by atoms with Crippen molar-refractivity contribution >= 4 is 45.5 Å². The molecule has 0 bridgehead atoms. The molecule has 4 rings (SSSR count). The number of aromatic nitrogens is 2. The summed E-state index contributed by atoms with van der Waals surface area (Å²) in [6.45, 7) is 7.70. The van der Waals surface area contributed by atoms with Crippen molar-refractivity contribution in [2.75, 3.05) is 38.7 Å². The van der Waals surface area contributed by atoms with Crippen molar-refractivity contribution in [3.63, 3.8) is 0 Å². The van der Waals surface area contributed by atoms with Crippen molar-refractivity contribution in [3.05, 3.63) is 71.9 Å². The molecule has 0 atom stereocenters. The number of hydrogen-bond donors (Lipinski definition) is 2.